The number of hydrogen-bond donors (Lipinski definition) is 1. The molecular formula is C64H122O31. The number of carbonyl (C=O) groups excluding carboxylic acids is 1. The maximum atomic E-state index is 12.0. The lowest BCUT2D eigenvalue weighted by atomic mass is 10.2. The number of rotatable bonds is 89. The van der Waals surface area contributed by atoms with Crippen LogP contribution in [0.3, 0.4) is 0 Å². The fourth-order valence-electron chi connectivity index (χ4n) is 6.79. The second kappa shape index (κ2) is 87.7. The van der Waals surface area contributed by atoms with E-state index in [1.807, 2.05) is 0 Å². The van der Waals surface area contributed by atoms with E-state index in [2.05, 4.69) is 5.92 Å². The first-order valence-electron chi connectivity index (χ1n) is 33.5. The predicted molar refractivity (Wildman–Crippen MR) is 343 cm³/mol. The molecule has 0 radical (unpaired) electrons. The lowest BCUT2D eigenvalue weighted by molar-refractivity contribution is -0.138. The average Bonchev–Trinajstić information content (AvgIpc) is 3.59. The highest BCUT2D eigenvalue weighted by atomic mass is 16.6. The molecular weight excluding hydrogens is 1260 g/mol. The summed E-state index contributed by atoms with van der Waals surface area (Å²) in [4.78, 5) is 22.4. The van der Waals surface area contributed by atoms with Crippen LogP contribution in [0.1, 0.15) is 25.7 Å². The number of carboxylic acids is 1. The van der Waals surface area contributed by atoms with Crippen molar-refractivity contribution in [3.8, 4) is 12.3 Å². The summed E-state index contributed by atoms with van der Waals surface area (Å²) in [5, 5.41) is 8.53. The van der Waals surface area contributed by atoms with E-state index in [9.17, 15) is 9.59 Å². The van der Waals surface area contributed by atoms with Gasteiger partial charge in [0.05, 0.1) is 363 Å². The van der Waals surface area contributed by atoms with Gasteiger partial charge in [0, 0.05) is 19.4 Å². The number of ketones is 1. The Bertz CT molecular complexity index is 1500. The molecule has 0 aromatic carbocycles. The quantitative estimate of drug-likeness (QED) is 0.0663. The summed E-state index contributed by atoms with van der Waals surface area (Å²) in [5.41, 5.74) is 0. The fourth-order valence-corrected chi connectivity index (χ4v) is 6.79. The van der Waals surface area contributed by atoms with E-state index < -0.39 is 5.97 Å². The molecule has 31 nitrogen and oxygen atoms in total. The second-order valence-electron chi connectivity index (χ2n) is 19.3. The first-order chi connectivity index (χ1) is 47.2. The summed E-state index contributed by atoms with van der Waals surface area (Å²) < 4.78 is 153. The molecule has 564 valence electrons. The van der Waals surface area contributed by atoms with E-state index in [0.717, 1.165) is 0 Å². The summed E-state index contributed by atoms with van der Waals surface area (Å²) in [7, 11) is 0. The highest BCUT2D eigenvalue weighted by Gasteiger charge is 2.05. The first-order valence-corrected chi connectivity index (χ1v) is 33.5. The molecule has 0 atom stereocenters. The van der Waals surface area contributed by atoms with Crippen LogP contribution in [-0.2, 0) is 142 Å². The van der Waals surface area contributed by atoms with Gasteiger partial charge in [0.25, 0.3) is 0 Å². The summed E-state index contributed by atoms with van der Waals surface area (Å²) in [5.74, 6) is 1.66. The van der Waals surface area contributed by atoms with Gasteiger partial charge in [-0.1, -0.05) is 5.92 Å². The van der Waals surface area contributed by atoms with Crippen LogP contribution in [0.2, 0.25) is 0 Å². The van der Waals surface area contributed by atoms with Crippen molar-refractivity contribution in [1.82, 2.24) is 0 Å². The number of carboxylic acid groups (broad SMARTS) is 1. The van der Waals surface area contributed by atoms with Gasteiger partial charge in [-0.2, -0.15) is 0 Å². The van der Waals surface area contributed by atoms with Crippen LogP contribution in [-0.4, -0.2) is 387 Å². The van der Waals surface area contributed by atoms with E-state index in [-0.39, 0.29) is 25.4 Å². The summed E-state index contributed by atoms with van der Waals surface area (Å²) >= 11 is 0. The van der Waals surface area contributed by atoms with E-state index in [1.54, 1.807) is 0 Å². The molecule has 0 bridgehead atoms. The zero-order chi connectivity index (χ0) is 68.1. The normalized spacial score (nSPS) is 11.6. The molecule has 0 aliphatic carbocycles. The lowest BCUT2D eigenvalue weighted by Gasteiger charge is -2.09. The second-order valence-corrected chi connectivity index (χ2v) is 19.3. The van der Waals surface area contributed by atoms with Crippen LogP contribution in [0.5, 0.6) is 0 Å². The molecule has 0 spiro atoms. The molecule has 0 saturated heterocycles. The van der Waals surface area contributed by atoms with Crippen LogP contribution in [0.25, 0.3) is 0 Å². The Balaban J connectivity index is 3.11. The number of carbonyl (C=O) groups is 2. The van der Waals surface area contributed by atoms with E-state index >= 15 is 0 Å². The van der Waals surface area contributed by atoms with Crippen molar-refractivity contribution >= 4 is 11.8 Å². The Morgan fingerprint density at radius 1 is 0.189 bits per heavy atom. The monoisotopic (exact) mass is 1390 g/mol. The minimum absolute atomic E-state index is 0.0118. The Morgan fingerprint density at radius 3 is 0.484 bits per heavy atom. The zero-order valence-electron chi connectivity index (χ0n) is 57.2. The molecule has 95 heavy (non-hydrogen) atoms. The van der Waals surface area contributed by atoms with Crippen molar-refractivity contribution in [3.63, 3.8) is 0 Å². The van der Waals surface area contributed by atoms with Gasteiger partial charge in [-0.25, -0.2) is 0 Å². The zero-order valence-corrected chi connectivity index (χ0v) is 57.2. The third-order valence-corrected chi connectivity index (χ3v) is 11.6. The Kier molecular flexibility index (Phi) is 85.4. The molecule has 0 amide bonds. The third kappa shape index (κ3) is 89.6. The molecule has 0 saturated carbocycles. The SMILES string of the molecule is C#CCOCCOCCOCCOCCC(=O)CCCOCCOCCOCCOCCOCCOCCOCCOCCOCCOCCOCCOCCOCCOCCOCCOCCOCCOCCOCCOCCOCCOCCOCCOCCC(=O)O. The van der Waals surface area contributed by atoms with Gasteiger partial charge in [-0.3, -0.25) is 9.59 Å². The number of Topliss-reactive ketones (excluding diaryl/α,β-unsaturated/α-hetero) is 1. The molecule has 0 aliphatic heterocycles. The molecule has 0 heterocycles. The van der Waals surface area contributed by atoms with Gasteiger partial charge in [0.1, 0.15) is 12.4 Å². The number of terminal acetylenes is 1. The number of hydrogen-bond acceptors (Lipinski definition) is 30. The van der Waals surface area contributed by atoms with Gasteiger partial charge in [-0.05, 0) is 6.42 Å². The summed E-state index contributed by atoms with van der Waals surface area (Å²) in [6.07, 6.45) is 6.59. The van der Waals surface area contributed by atoms with Crippen molar-refractivity contribution < 1.29 is 147 Å². The van der Waals surface area contributed by atoms with Gasteiger partial charge >= 0.3 is 5.97 Å². The summed E-state index contributed by atoms with van der Waals surface area (Å²) in [6, 6.07) is 0. The van der Waals surface area contributed by atoms with Crippen LogP contribution in [0.4, 0.5) is 0 Å². The predicted octanol–water partition coefficient (Wildman–Crippen LogP) is 1.30. The maximum Gasteiger partial charge on any atom is 0.305 e. The molecule has 1 N–H and O–H groups in total. The van der Waals surface area contributed by atoms with Gasteiger partial charge in [0.15, 0.2) is 0 Å². The molecule has 0 aliphatic rings. The highest BCUT2D eigenvalue weighted by molar-refractivity contribution is 5.78. The van der Waals surface area contributed by atoms with E-state index in [0.29, 0.717) is 376 Å². The van der Waals surface area contributed by atoms with Crippen molar-refractivity contribution in [1.29, 1.82) is 0 Å². The average molecular weight is 1390 g/mol. The van der Waals surface area contributed by atoms with Gasteiger partial charge < -0.3 is 138 Å². The van der Waals surface area contributed by atoms with E-state index in [1.165, 1.54) is 0 Å². The Morgan fingerprint density at radius 2 is 0.326 bits per heavy atom. The topological polar surface area (TPSA) is 313 Å². The van der Waals surface area contributed by atoms with E-state index in [4.69, 9.17) is 144 Å². The minimum atomic E-state index is -0.881. The number of aliphatic carboxylic acids is 1. The van der Waals surface area contributed by atoms with Crippen molar-refractivity contribution in [2.24, 2.45) is 0 Å². The smallest absolute Gasteiger partial charge is 0.305 e. The molecule has 0 rings (SSSR count). The van der Waals surface area contributed by atoms with Crippen molar-refractivity contribution in [2.75, 3.05) is 370 Å². The first kappa shape index (κ1) is 92.6. The van der Waals surface area contributed by atoms with Crippen LogP contribution in [0.15, 0.2) is 0 Å². The maximum absolute atomic E-state index is 12.0. The minimum Gasteiger partial charge on any atom is -0.481 e. The standard InChI is InChI=1S/C64H122O31/c1-2-7-68-11-15-72-19-21-74-17-13-70-9-5-63(65)4-3-8-69-12-16-73-20-23-76-25-27-78-29-31-80-33-35-82-37-39-84-41-43-86-45-47-88-49-51-90-53-55-92-57-59-94-61-62-95-60-58-93-56-54-91-52-50-89-48-46-87-44-42-85-40-38-83-36-34-81-32-30-79-28-26-77-24-22-75-18-14-71-10-6-64(66)67/h1H,3-62H2,(H,66,67). The molecule has 0 fully saturated rings. The highest BCUT2D eigenvalue weighted by Crippen LogP contribution is 1.98. The Labute approximate surface area is 565 Å². The van der Waals surface area contributed by atoms with Crippen LogP contribution in [0, 0.1) is 12.3 Å². The van der Waals surface area contributed by atoms with Gasteiger partial charge in [0.2, 0.25) is 0 Å². The van der Waals surface area contributed by atoms with Crippen LogP contribution < -0.4 is 0 Å². The Hall–Kier alpha value is -2.42. The fraction of sp³-hybridized carbons (Fsp3) is 0.938. The summed E-state index contributed by atoms with van der Waals surface area (Å²) in [6.45, 7) is 25.6. The van der Waals surface area contributed by atoms with Gasteiger partial charge in [-0.15, -0.1) is 6.42 Å². The lowest BCUT2D eigenvalue weighted by Crippen LogP contribution is -2.16. The molecule has 0 aromatic rings. The molecule has 31 heteroatoms. The van der Waals surface area contributed by atoms with Crippen molar-refractivity contribution in [2.45, 2.75) is 25.7 Å². The van der Waals surface area contributed by atoms with Crippen LogP contribution >= 0.6 is 0 Å². The van der Waals surface area contributed by atoms with Crippen molar-refractivity contribution in [3.05, 3.63) is 0 Å². The largest absolute Gasteiger partial charge is 0.481 e. The number of ether oxygens (including phenoxy) is 28. The molecule has 0 aromatic heterocycles. The third-order valence-electron chi connectivity index (χ3n) is 11.6. The molecule has 0 unspecified atom stereocenters.